The van der Waals surface area contributed by atoms with Gasteiger partial charge >= 0.3 is 0 Å². The summed E-state index contributed by atoms with van der Waals surface area (Å²) in [5, 5.41) is 7.66. The number of hydrogen-bond donors (Lipinski definition) is 2. The molecule has 132 valence electrons. The Labute approximate surface area is 149 Å². The van der Waals surface area contributed by atoms with Gasteiger partial charge in [0.1, 0.15) is 10.7 Å². The van der Waals surface area contributed by atoms with Crippen LogP contribution in [0.5, 0.6) is 0 Å². The van der Waals surface area contributed by atoms with Crippen LogP contribution in [-0.2, 0) is 0 Å². The lowest BCUT2D eigenvalue weighted by Gasteiger charge is -2.25. The molecule has 0 aliphatic heterocycles. The SMILES string of the molecule is Cc1nc2sc(C(=O)N(C)[C@H](C)c3c(C)n[nH]c3C)c(C)c2c(=O)[nH]1. The van der Waals surface area contributed by atoms with Crippen molar-refractivity contribution in [2.75, 3.05) is 7.05 Å². The second-order valence-electron chi connectivity index (χ2n) is 6.33. The normalized spacial score (nSPS) is 12.6. The quantitative estimate of drug-likeness (QED) is 0.752. The molecule has 0 radical (unpaired) electrons. The Morgan fingerprint density at radius 2 is 1.92 bits per heavy atom. The zero-order chi connectivity index (χ0) is 18.5. The van der Waals surface area contributed by atoms with Crippen molar-refractivity contribution < 1.29 is 4.79 Å². The number of nitrogens with one attached hydrogen (secondary N) is 2. The Balaban J connectivity index is 2.03. The Morgan fingerprint density at radius 3 is 2.52 bits per heavy atom. The summed E-state index contributed by atoms with van der Waals surface area (Å²) in [7, 11) is 1.77. The first-order chi connectivity index (χ1) is 11.7. The molecular formula is C17H21N5O2S. The van der Waals surface area contributed by atoms with Crippen LogP contribution in [0.3, 0.4) is 0 Å². The van der Waals surface area contributed by atoms with Crippen molar-refractivity contribution in [2.24, 2.45) is 0 Å². The maximum atomic E-state index is 13.1. The summed E-state index contributed by atoms with van der Waals surface area (Å²) in [4.78, 5) is 35.2. The van der Waals surface area contributed by atoms with E-state index in [-0.39, 0.29) is 17.5 Å². The molecular weight excluding hydrogens is 338 g/mol. The number of aromatic nitrogens is 4. The van der Waals surface area contributed by atoms with Crippen molar-refractivity contribution in [3.05, 3.63) is 43.6 Å². The van der Waals surface area contributed by atoms with Gasteiger partial charge in [-0.3, -0.25) is 14.7 Å². The van der Waals surface area contributed by atoms with Crippen molar-refractivity contribution in [3.63, 3.8) is 0 Å². The third kappa shape index (κ3) is 2.76. The van der Waals surface area contributed by atoms with Crippen LogP contribution in [0, 0.1) is 27.7 Å². The minimum absolute atomic E-state index is 0.120. The number of thiophene rings is 1. The molecule has 3 rings (SSSR count). The molecule has 3 heterocycles. The number of amides is 1. The minimum atomic E-state index is -0.201. The van der Waals surface area contributed by atoms with Crippen LogP contribution >= 0.6 is 11.3 Å². The first-order valence-corrected chi connectivity index (χ1v) is 8.82. The molecule has 0 saturated heterocycles. The van der Waals surface area contributed by atoms with Gasteiger partial charge in [-0.25, -0.2) is 4.98 Å². The highest BCUT2D eigenvalue weighted by Gasteiger charge is 2.27. The number of carbonyl (C=O) groups is 1. The van der Waals surface area contributed by atoms with Gasteiger partial charge in [0.05, 0.1) is 22.0 Å². The van der Waals surface area contributed by atoms with E-state index >= 15 is 0 Å². The van der Waals surface area contributed by atoms with Crippen LogP contribution in [0.4, 0.5) is 0 Å². The first kappa shape index (κ1) is 17.3. The first-order valence-electron chi connectivity index (χ1n) is 8.01. The molecule has 3 aromatic heterocycles. The van der Waals surface area contributed by atoms with Gasteiger partial charge in [0.15, 0.2) is 0 Å². The fourth-order valence-electron chi connectivity index (χ4n) is 3.16. The molecule has 3 aromatic rings. The van der Waals surface area contributed by atoms with Gasteiger partial charge in [-0.2, -0.15) is 5.10 Å². The average molecular weight is 359 g/mol. The highest BCUT2D eigenvalue weighted by molar-refractivity contribution is 7.20. The van der Waals surface area contributed by atoms with E-state index in [0.717, 1.165) is 17.0 Å². The van der Waals surface area contributed by atoms with E-state index in [1.165, 1.54) is 11.3 Å². The van der Waals surface area contributed by atoms with Crippen LogP contribution in [0.15, 0.2) is 4.79 Å². The second-order valence-corrected chi connectivity index (χ2v) is 7.33. The number of H-pyrrole nitrogens is 2. The molecule has 0 spiro atoms. The highest BCUT2D eigenvalue weighted by atomic mass is 32.1. The van der Waals surface area contributed by atoms with Crippen molar-refractivity contribution in [2.45, 2.75) is 40.7 Å². The third-order valence-corrected chi connectivity index (χ3v) is 5.79. The lowest BCUT2D eigenvalue weighted by molar-refractivity contribution is 0.0746. The van der Waals surface area contributed by atoms with Gasteiger partial charge in [-0.15, -0.1) is 11.3 Å². The van der Waals surface area contributed by atoms with Crippen LogP contribution in [0.1, 0.15) is 51.0 Å². The summed E-state index contributed by atoms with van der Waals surface area (Å²) in [6.45, 7) is 9.37. The summed E-state index contributed by atoms with van der Waals surface area (Å²) in [5.74, 6) is 0.425. The molecule has 8 heteroatoms. The molecule has 0 aliphatic rings. The number of hydrogen-bond acceptors (Lipinski definition) is 5. The topological polar surface area (TPSA) is 94.7 Å². The maximum Gasteiger partial charge on any atom is 0.264 e. The molecule has 0 bridgehead atoms. The van der Waals surface area contributed by atoms with Crippen molar-refractivity contribution in [1.82, 2.24) is 25.1 Å². The van der Waals surface area contributed by atoms with Crippen LogP contribution in [0.2, 0.25) is 0 Å². The molecule has 0 saturated carbocycles. The van der Waals surface area contributed by atoms with Crippen molar-refractivity contribution >= 4 is 27.5 Å². The molecule has 0 aromatic carbocycles. The van der Waals surface area contributed by atoms with E-state index in [1.807, 2.05) is 20.8 Å². The molecule has 1 atom stereocenters. The third-order valence-electron chi connectivity index (χ3n) is 4.62. The Morgan fingerprint density at radius 1 is 1.24 bits per heavy atom. The number of aromatic amines is 2. The number of nitrogens with zero attached hydrogens (tertiary/aromatic N) is 3. The number of aryl methyl sites for hydroxylation is 4. The lowest BCUT2D eigenvalue weighted by Crippen LogP contribution is -2.30. The van der Waals surface area contributed by atoms with Crippen molar-refractivity contribution in [1.29, 1.82) is 0 Å². The fourth-order valence-corrected chi connectivity index (χ4v) is 4.37. The maximum absolute atomic E-state index is 13.1. The molecule has 2 N–H and O–H groups in total. The minimum Gasteiger partial charge on any atom is -0.334 e. The summed E-state index contributed by atoms with van der Waals surface area (Å²) in [6, 6.07) is -0.135. The van der Waals surface area contributed by atoms with E-state index in [2.05, 4.69) is 20.2 Å². The van der Waals surface area contributed by atoms with Gasteiger partial charge in [0, 0.05) is 18.3 Å². The number of fused-ring (bicyclic) bond motifs is 1. The molecule has 7 nitrogen and oxygen atoms in total. The zero-order valence-corrected chi connectivity index (χ0v) is 16.0. The van der Waals surface area contributed by atoms with Crippen LogP contribution in [-0.4, -0.2) is 38.0 Å². The Hall–Kier alpha value is -2.48. The van der Waals surface area contributed by atoms with Crippen LogP contribution < -0.4 is 5.56 Å². The summed E-state index contributed by atoms with van der Waals surface area (Å²) >= 11 is 1.27. The van der Waals surface area contributed by atoms with E-state index < -0.39 is 0 Å². The van der Waals surface area contributed by atoms with E-state index in [1.54, 1.807) is 25.8 Å². The summed E-state index contributed by atoms with van der Waals surface area (Å²) < 4.78 is 0. The fraction of sp³-hybridized carbons (Fsp3) is 0.412. The number of rotatable bonds is 3. The predicted octanol–water partition coefficient (Wildman–Crippen LogP) is 2.77. The molecule has 0 unspecified atom stereocenters. The van der Waals surface area contributed by atoms with Gasteiger partial charge in [-0.1, -0.05) is 0 Å². The molecule has 25 heavy (non-hydrogen) atoms. The molecule has 1 amide bonds. The monoisotopic (exact) mass is 359 g/mol. The summed E-state index contributed by atoms with van der Waals surface area (Å²) in [5.41, 5.74) is 3.32. The van der Waals surface area contributed by atoms with Gasteiger partial charge in [0.25, 0.3) is 11.5 Å². The summed E-state index contributed by atoms with van der Waals surface area (Å²) in [6.07, 6.45) is 0. The van der Waals surface area contributed by atoms with Gasteiger partial charge < -0.3 is 9.88 Å². The molecule has 0 aliphatic carbocycles. The Bertz CT molecular complexity index is 1010. The van der Waals surface area contributed by atoms with E-state index in [0.29, 0.717) is 26.5 Å². The Kier molecular flexibility index (Phi) is 4.24. The smallest absolute Gasteiger partial charge is 0.264 e. The largest absolute Gasteiger partial charge is 0.334 e. The van der Waals surface area contributed by atoms with Gasteiger partial charge in [0.2, 0.25) is 0 Å². The standard InChI is InChI=1S/C17H21N5O2S/c1-7-12-15(23)18-11(5)19-16(12)25-14(7)17(24)22(6)10(4)13-8(2)20-21-9(13)3/h10H,1-6H3,(H,20,21)(H,18,19,23)/t10-/m1/s1. The van der Waals surface area contributed by atoms with Crippen LogP contribution in [0.25, 0.3) is 10.2 Å². The average Bonchev–Trinajstić information content (AvgIpc) is 3.05. The predicted molar refractivity (Wildman–Crippen MR) is 98.3 cm³/mol. The van der Waals surface area contributed by atoms with E-state index in [9.17, 15) is 9.59 Å². The number of carbonyl (C=O) groups excluding carboxylic acids is 1. The second kappa shape index (κ2) is 6.11. The van der Waals surface area contributed by atoms with Gasteiger partial charge in [-0.05, 0) is 40.2 Å². The lowest BCUT2D eigenvalue weighted by atomic mass is 10.0. The zero-order valence-electron chi connectivity index (χ0n) is 15.1. The van der Waals surface area contributed by atoms with E-state index in [4.69, 9.17) is 0 Å². The van der Waals surface area contributed by atoms with Crippen molar-refractivity contribution in [3.8, 4) is 0 Å². The molecule has 0 fully saturated rings. The highest BCUT2D eigenvalue weighted by Crippen LogP contribution is 2.31.